The van der Waals surface area contributed by atoms with Gasteiger partial charge in [-0.25, -0.2) is 0 Å². The van der Waals surface area contributed by atoms with Crippen LogP contribution in [0.4, 0.5) is 0 Å². The Morgan fingerprint density at radius 2 is 2.33 bits per heavy atom. The number of rotatable bonds is 4. The number of hydrogen-bond donors (Lipinski definition) is 1. The molecule has 1 aromatic heterocycles. The van der Waals surface area contributed by atoms with Crippen molar-refractivity contribution in [1.29, 1.82) is 0 Å². The van der Waals surface area contributed by atoms with Crippen LogP contribution in [0.2, 0.25) is 0 Å². The maximum atomic E-state index is 4.07. The molecule has 1 aromatic rings. The Labute approximate surface area is 94.4 Å². The van der Waals surface area contributed by atoms with Gasteiger partial charge in [-0.1, -0.05) is 22.6 Å². The van der Waals surface area contributed by atoms with Crippen molar-refractivity contribution in [3.05, 3.63) is 28.5 Å². The minimum Gasteiger partial charge on any atom is -0.312 e. The minimum absolute atomic E-state index is 0.898. The summed E-state index contributed by atoms with van der Waals surface area (Å²) >= 11 is 5.73. The van der Waals surface area contributed by atoms with Crippen LogP contribution in [0, 0.1) is 0 Å². The number of halogens is 2. The predicted molar refractivity (Wildman–Crippen MR) is 62.5 cm³/mol. The van der Waals surface area contributed by atoms with Gasteiger partial charge in [0.25, 0.3) is 0 Å². The fraction of sp³-hybridized carbons (Fsp3) is 0.375. The average Bonchev–Trinajstić information content (AvgIpc) is 2.05. The van der Waals surface area contributed by atoms with Crippen molar-refractivity contribution < 1.29 is 0 Å². The Hall–Kier alpha value is 0.320. The molecule has 0 atom stereocenters. The van der Waals surface area contributed by atoms with Gasteiger partial charge < -0.3 is 5.32 Å². The van der Waals surface area contributed by atoms with Crippen LogP contribution in [0.1, 0.15) is 5.56 Å². The first-order valence-corrected chi connectivity index (χ1v) is 6.01. The zero-order valence-corrected chi connectivity index (χ0v) is 10.3. The fourth-order valence-electron chi connectivity index (χ4n) is 0.852. The van der Waals surface area contributed by atoms with Crippen LogP contribution in [0.5, 0.6) is 0 Å². The number of pyridine rings is 1. The van der Waals surface area contributed by atoms with E-state index in [0.717, 1.165) is 22.0 Å². The molecule has 0 saturated carbocycles. The summed E-state index contributed by atoms with van der Waals surface area (Å²) in [6.07, 6.45) is 3.67. The molecule has 2 nitrogen and oxygen atoms in total. The summed E-state index contributed by atoms with van der Waals surface area (Å²) in [5.41, 5.74) is 1.22. The molecule has 0 bridgehead atoms. The van der Waals surface area contributed by atoms with Crippen molar-refractivity contribution in [2.24, 2.45) is 0 Å². The molecular weight excluding hydrogens is 331 g/mol. The monoisotopic (exact) mass is 340 g/mol. The second-order valence-electron chi connectivity index (χ2n) is 2.38. The maximum absolute atomic E-state index is 4.07. The van der Waals surface area contributed by atoms with Crippen LogP contribution < -0.4 is 5.32 Å². The van der Waals surface area contributed by atoms with E-state index in [2.05, 4.69) is 54.9 Å². The van der Waals surface area contributed by atoms with E-state index in [0.29, 0.717) is 0 Å². The SMILES string of the molecule is Brc1cncc(CNCCI)c1. The predicted octanol–water partition coefficient (Wildman–Crippen LogP) is 2.37. The van der Waals surface area contributed by atoms with Gasteiger partial charge in [-0.3, -0.25) is 4.98 Å². The number of aromatic nitrogens is 1. The average molecular weight is 341 g/mol. The summed E-state index contributed by atoms with van der Waals surface area (Å²) < 4.78 is 2.18. The lowest BCUT2D eigenvalue weighted by Crippen LogP contribution is -2.15. The first kappa shape index (κ1) is 10.4. The summed E-state index contributed by atoms with van der Waals surface area (Å²) in [6, 6.07) is 2.08. The molecule has 0 spiro atoms. The summed E-state index contributed by atoms with van der Waals surface area (Å²) in [5.74, 6) is 0. The highest BCUT2D eigenvalue weighted by atomic mass is 127. The van der Waals surface area contributed by atoms with E-state index in [1.54, 1.807) is 6.20 Å². The zero-order valence-electron chi connectivity index (χ0n) is 6.56. The van der Waals surface area contributed by atoms with E-state index >= 15 is 0 Å². The molecule has 0 saturated heterocycles. The van der Waals surface area contributed by atoms with Gasteiger partial charge in [0.1, 0.15) is 0 Å². The van der Waals surface area contributed by atoms with Crippen LogP contribution in [-0.2, 0) is 6.54 Å². The van der Waals surface area contributed by atoms with Crippen molar-refractivity contribution in [1.82, 2.24) is 10.3 Å². The molecule has 12 heavy (non-hydrogen) atoms. The van der Waals surface area contributed by atoms with Gasteiger partial charge >= 0.3 is 0 Å². The van der Waals surface area contributed by atoms with Crippen LogP contribution in [0.25, 0.3) is 0 Å². The van der Waals surface area contributed by atoms with Gasteiger partial charge in [-0.05, 0) is 27.6 Å². The highest BCUT2D eigenvalue weighted by Crippen LogP contribution is 2.08. The molecule has 0 aliphatic heterocycles. The lowest BCUT2D eigenvalue weighted by Gasteiger charge is -2.01. The maximum Gasteiger partial charge on any atom is 0.0410 e. The standard InChI is InChI=1S/C8H10BrIN2/c9-8-3-7(5-12-6-8)4-11-2-1-10/h3,5-6,11H,1-2,4H2. The summed E-state index contributed by atoms with van der Waals surface area (Å²) in [4.78, 5) is 4.07. The Morgan fingerprint density at radius 1 is 1.50 bits per heavy atom. The third kappa shape index (κ3) is 3.82. The Bertz CT molecular complexity index is 242. The first-order valence-electron chi connectivity index (χ1n) is 3.69. The number of hydrogen-bond acceptors (Lipinski definition) is 2. The van der Waals surface area contributed by atoms with E-state index in [9.17, 15) is 0 Å². The highest BCUT2D eigenvalue weighted by molar-refractivity contribution is 14.1. The summed E-state index contributed by atoms with van der Waals surface area (Å²) in [5, 5.41) is 3.31. The number of nitrogens with zero attached hydrogens (tertiary/aromatic N) is 1. The summed E-state index contributed by atoms with van der Waals surface area (Å²) in [7, 11) is 0. The van der Waals surface area contributed by atoms with Crippen LogP contribution in [0.3, 0.4) is 0 Å². The number of alkyl halides is 1. The lowest BCUT2D eigenvalue weighted by atomic mass is 10.3. The molecule has 1 rings (SSSR count). The van der Waals surface area contributed by atoms with Gasteiger partial charge in [0, 0.05) is 34.4 Å². The van der Waals surface area contributed by atoms with Gasteiger partial charge in [-0.15, -0.1) is 0 Å². The van der Waals surface area contributed by atoms with Gasteiger partial charge in [-0.2, -0.15) is 0 Å². The van der Waals surface area contributed by atoms with Crippen molar-refractivity contribution in [3.8, 4) is 0 Å². The second kappa shape index (κ2) is 5.88. The van der Waals surface area contributed by atoms with Crippen LogP contribution in [-0.4, -0.2) is 16.0 Å². The molecule has 66 valence electrons. The lowest BCUT2D eigenvalue weighted by molar-refractivity contribution is 0.733. The minimum atomic E-state index is 0.898. The van der Waals surface area contributed by atoms with Gasteiger partial charge in [0.2, 0.25) is 0 Å². The molecule has 4 heteroatoms. The zero-order chi connectivity index (χ0) is 8.81. The molecule has 0 unspecified atom stereocenters. The van der Waals surface area contributed by atoms with Crippen LogP contribution >= 0.6 is 38.5 Å². The Morgan fingerprint density at radius 3 is 3.00 bits per heavy atom. The third-order valence-electron chi connectivity index (χ3n) is 1.36. The van der Waals surface area contributed by atoms with Crippen LogP contribution in [0.15, 0.2) is 22.9 Å². The fourth-order valence-corrected chi connectivity index (χ4v) is 1.65. The molecule has 0 aliphatic carbocycles. The Balaban J connectivity index is 2.41. The van der Waals surface area contributed by atoms with E-state index < -0.39 is 0 Å². The quantitative estimate of drug-likeness (QED) is 0.517. The first-order chi connectivity index (χ1) is 5.83. The smallest absolute Gasteiger partial charge is 0.0410 e. The molecular formula is C8H10BrIN2. The van der Waals surface area contributed by atoms with Gasteiger partial charge in [0.15, 0.2) is 0 Å². The topological polar surface area (TPSA) is 24.9 Å². The van der Waals surface area contributed by atoms with E-state index in [1.807, 2.05) is 6.20 Å². The molecule has 0 radical (unpaired) electrons. The largest absolute Gasteiger partial charge is 0.312 e. The number of nitrogens with one attached hydrogen (secondary N) is 1. The van der Waals surface area contributed by atoms with Crippen molar-refractivity contribution >= 4 is 38.5 Å². The molecule has 0 aliphatic rings. The van der Waals surface area contributed by atoms with Crippen molar-refractivity contribution in [2.75, 3.05) is 11.0 Å². The highest BCUT2D eigenvalue weighted by Gasteiger charge is 1.92. The van der Waals surface area contributed by atoms with Gasteiger partial charge in [0.05, 0.1) is 0 Å². The molecule has 0 aromatic carbocycles. The van der Waals surface area contributed by atoms with Crippen molar-refractivity contribution in [3.63, 3.8) is 0 Å². The molecule has 0 amide bonds. The Kier molecular flexibility index (Phi) is 5.10. The normalized spacial score (nSPS) is 10.2. The third-order valence-corrected chi connectivity index (χ3v) is 2.33. The summed E-state index contributed by atoms with van der Waals surface area (Å²) in [6.45, 7) is 1.95. The van der Waals surface area contributed by atoms with E-state index in [1.165, 1.54) is 5.56 Å². The second-order valence-corrected chi connectivity index (χ2v) is 4.37. The van der Waals surface area contributed by atoms with Crippen molar-refractivity contribution in [2.45, 2.75) is 6.54 Å². The molecule has 1 heterocycles. The molecule has 0 fully saturated rings. The molecule has 1 N–H and O–H groups in total. The van der Waals surface area contributed by atoms with E-state index in [-0.39, 0.29) is 0 Å². The van der Waals surface area contributed by atoms with E-state index in [4.69, 9.17) is 0 Å².